The van der Waals surface area contributed by atoms with E-state index in [1.165, 1.54) is 0 Å². The maximum Gasteiger partial charge on any atom is 0.142 e. The van der Waals surface area contributed by atoms with Crippen molar-refractivity contribution in [2.75, 3.05) is 19.8 Å². The van der Waals surface area contributed by atoms with Gasteiger partial charge < -0.3 is 14.2 Å². The highest BCUT2D eigenvalue weighted by Crippen LogP contribution is 2.50. The first-order valence-electron chi connectivity index (χ1n) is 9.50. The van der Waals surface area contributed by atoms with Gasteiger partial charge in [0, 0.05) is 6.07 Å². The van der Waals surface area contributed by atoms with Crippen LogP contribution < -0.4 is 14.2 Å². The molecule has 0 heterocycles. The molecule has 0 unspecified atom stereocenters. The zero-order chi connectivity index (χ0) is 19.1. The normalized spacial score (nSPS) is 10.5. The SMILES string of the molecule is CCOc1cc(OCC)c(-c2ccccc2)c(OCC)c1-c1ccccc1. The molecule has 0 spiro atoms. The van der Waals surface area contributed by atoms with Crippen LogP contribution in [0.4, 0.5) is 0 Å². The van der Waals surface area contributed by atoms with Gasteiger partial charge in [-0.2, -0.15) is 0 Å². The van der Waals surface area contributed by atoms with Crippen molar-refractivity contribution in [2.45, 2.75) is 20.8 Å². The van der Waals surface area contributed by atoms with Crippen LogP contribution in [0.2, 0.25) is 0 Å². The Morgan fingerprint density at radius 3 is 1.33 bits per heavy atom. The predicted octanol–water partition coefficient (Wildman–Crippen LogP) is 6.22. The molecule has 0 aliphatic rings. The third-order valence-corrected chi connectivity index (χ3v) is 4.22. The molecule has 0 N–H and O–H groups in total. The van der Waals surface area contributed by atoms with Gasteiger partial charge in [0.05, 0.1) is 30.9 Å². The maximum atomic E-state index is 6.19. The second-order valence-corrected chi connectivity index (χ2v) is 5.98. The molecule has 0 saturated heterocycles. The van der Waals surface area contributed by atoms with Gasteiger partial charge in [-0.3, -0.25) is 0 Å². The minimum Gasteiger partial charge on any atom is -0.493 e. The van der Waals surface area contributed by atoms with Crippen LogP contribution >= 0.6 is 0 Å². The van der Waals surface area contributed by atoms with Crippen LogP contribution in [0.15, 0.2) is 66.7 Å². The van der Waals surface area contributed by atoms with Gasteiger partial charge in [0.1, 0.15) is 17.2 Å². The van der Waals surface area contributed by atoms with E-state index in [-0.39, 0.29) is 0 Å². The van der Waals surface area contributed by atoms with Crippen LogP contribution in [0.5, 0.6) is 17.2 Å². The average Bonchev–Trinajstić information content (AvgIpc) is 2.70. The van der Waals surface area contributed by atoms with E-state index in [0.29, 0.717) is 19.8 Å². The summed E-state index contributed by atoms with van der Waals surface area (Å²) in [7, 11) is 0. The fourth-order valence-corrected chi connectivity index (χ4v) is 3.20. The lowest BCUT2D eigenvalue weighted by molar-refractivity contribution is 0.311. The number of benzene rings is 3. The molecular formula is C24H26O3. The molecule has 3 aromatic carbocycles. The summed E-state index contributed by atoms with van der Waals surface area (Å²) in [6.45, 7) is 7.67. The summed E-state index contributed by atoms with van der Waals surface area (Å²) in [5.74, 6) is 2.34. The molecule has 140 valence electrons. The molecule has 0 fully saturated rings. The van der Waals surface area contributed by atoms with Crippen LogP contribution in [0.1, 0.15) is 20.8 Å². The van der Waals surface area contributed by atoms with Crippen molar-refractivity contribution in [1.82, 2.24) is 0 Å². The van der Waals surface area contributed by atoms with Gasteiger partial charge in [-0.1, -0.05) is 60.7 Å². The Kier molecular flexibility index (Phi) is 6.37. The number of hydrogen-bond donors (Lipinski definition) is 0. The van der Waals surface area contributed by atoms with Gasteiger partial charge >= 0.3 is 0 Å². The topological polar surface area (TPSA) is 27.7 Å². The lowest BCUT2D eigenvalue weighted by atomic mass is 9.95. The van der Waals surface area contributed by atoms with Gasteiger partial charge in [-0.05, 0) is 31.9 Å². The Bertz CT molecular complexity index is 790. The van der Waals surface area contributed by atoms with Crippen LogP contribution in [0.25, 0.3) is 22.3 Å². The lowest BCUT2D eigenvalue weighted by Gasteiger charge is -2.22. The molecule has 0 saturated carbocycles. The van der Waals surface area contributed by atoms with Crippen molar-refractivity contribution in [3.8, 4) is 39.5 Å². The zero-order valence-electron chi connectivity index (χ0n) is 16.2. The Morgan fingerprint density at radius 1 is 0.556 bits per heavy atom. The molecule has 3 rings (SSSR count). The molecule has 3 heteroatoms. The molecule has 0 radical (unpaired) electrons. The number of ether oxygens (including phenoxy) is 3. The molecular weight excluding hydrogens is 336 g/mol. The van der Waals surface area contributed by atoms with Crippen molar-refractivity contribution in [1.29, 1.82) is 0 Å². The first-order valence-corrected chi connectivity index (χ1v) is 9.50. The number of rotatable bonds is 8. The average molecular weight is 362 g/mol. The van der Waals surface area contributed by atoms with Crippen LogP contribution in [-0.2, 0) is 0 Å². The van der Waals surface area contributed by atoms with E-state index in [9.17, 15) is 0 Å². The quantitative estimate of drug-likeness (QED) is 0.476. The van der Waals surface area contributed by atoms with E-state index in [0.717, 1.165) is 39.5 Å². The second-order valence-electron chi connectivity index (χ2n) is 5.98. The van der Waals surface area contributed by atoms with Gasteiger partial charge in [0.25, 0.3) is 0 Å². The highest BCUT2D eigenvalue weighted by atomic mass is 16.5. The Labute approximate surface area is 161 Å². The van der Waals surface area contributed by atoms with Crippen molar-refractivity contribution in [3.63, 3.8) is 0 Å². The summed E-state index contributed by atoms with van der Waals surface area (Å²) in [4.78, 5) is 0. The van der Waals surface area contributed by atoms with Gasteiger partial charge in [-0.15, -0.1) is 0 Å². The molecule has 0 aliphatic heterocycles. The van der Waals surface area contributed by atoms with Crippen molar-refractivity contribution in [2.24, 2.45) is 0 Å². The molecule has 0 amide bonds. The fourth-order valence-electron chi connectivity index (χ4n) is 3.20. The highest BCUT2D eigenvalue weighted by Gasteiger charge is 2.23. The summed E-state index contributed by atoms with van der Waals surface area (Å²) in [6.07, 6.45) is 0. The first kappa shape index (κ1) is 18.8. The van der Waals surface area contributed by atoms with Gasteiger partial charge in [0.15, 0.2) is 0 Å². The minimum atomic E-state index is 0.556. The largest absolute Gasteiger partial charge is 0.493 e. The molecule has 0 atom stereocenters. The fraction of sp³-hybridized carbons (Fsp3) is 0.250. The Hall–Kier alpha value is -2.94. The summed E-state index contributed by atoms with van der Waals surface area (Å²) >= 11 is 0. The third kappa shape index (κ3) is 4.08. The molecule has 0 aromatic heterocycles. The van der Waals surface area contributed by atoms with E-state index >= 15 is 0 Å². The molecule has 27 heavy (non-hydrogen) atoms. The highest BCUT2D eigenvalue weighted by molar-refractivity contribution is 5.90. The van der Waals surface area contributed by atoms with E-state index in [2.05, 4.69) is 24.3 Å². The van der Waals surface area contributed by atoms with E-state index in [1.54, 1.807) is 0 Å². The van der Waals surface area contributed by atoms with Crippen LogP contribution in [-0.4, -0.2) is 19.8 Å². The Morgan fingerprint density at radius 2 is 0.963 bits per heavy atom. The minimum absolute atomic E-state index is 0.556. The van der Waals surface area contributed by atoms with Crippen molar-refractivity contribution < 1.29 is 14.2 Å². The second kappa shape index (κ2) is 9.13. The summed E-state index contributed by atoms with van der Waals surface area (Å²) < 4.78 is 18.2. The Balaban J connectivity index is 2.36. The van der Waals surface area contributed by atoms with E-state index in [1.807, 2.05) is 63.2 Å². The molecule has 3 nitrogen and oxygen atoms in total. The zero-order valence-corrected chi connectivity index (χ0v) is 16.2. The van der Waals surface area contributed by atoms with Gasteiger partial charge in [0.2, 0.25) is 0 Å². The molecule has 0 bridgehead atoms. The molecule has 0 aliphatic carbocycles. The standard InChI is InChI=1S/C24H26O3/c1-4-25-20-17-21(26-5-2)23(19-15-11-8-12-16-19)24(27-6-3)22(20)18-13-9-7-10-14-18/h7-17H,4-6H2,1-3H3. The third-order valence-electron chi connectivity index (χ3n) is 4.22. The summed E-state index contributed by atoms with van der Waals surface area (Å²) in [5, 5.41) is 0. The van der Waals surface area contributed by atoms with Crippen LogP contribution in [0.3, 0.4) is 0 Å². The summed E-state index contributed by atoms with van der Waals surface area (Å²) in [6, 6.07) is 22.4. The smallest absolute Gasteiger partial charge is 0.142 e. The van der Waals surface area contributed by atoms with E-state index in [4.69, 9.17) is 14.2 Å². The maximum absolute atomic E-state index is 6.19. The predicted molar refractivity (Wildman–Crippen MR) is 111 cm³/mol. The number of hydrogen-bond acceptors (Lipinski definition) is 3. The lowest BCUT2D eigenvalue weighted by Crippen LogP contribution is -2.04. The van der Waals surface area contributed by atoms with E-state index < -0.39 is 0 Å². The first-order chi connectivity index (χ1) is 13.3. The monoisotopic (exact) mass is 362 g/mol. The molecule has 3 aromatic rings. The summed E-state index contributed by atoms with van der Waals surface area (Å²) in [5.41, 5.74) is 4.04. The van der Waals surface area contributed by atoms with Crippen molar-refractivity contribution >= 4 is 0 Å². The van der Waals surface area contributed by atoms with Gasteiger partial charge in [-0.25, -0.2) is 0 Å². The van der Waals surface area contributed by atoms with Crippen molar-refractivity contribution in [3.05, 3.63) is 66.7 Å². The van der Waals surface area contributed by atoms with Crippen LogP contribution in [0, 0.1) is 0 Å².